The highest BCUT2D eigenvalue weighted by Gasteiger charge is 2.07. The molecule has 0 amide bonds. The van der Waals surface area contributed by atoms with E-state index < -0.39 is 6.61 Å². The molecule has 1 aromatic heterocycles. The third-order valence-corrected chi connectivity index (χ3v) is 2.21. The molecule has 88 valence electrons. The van der Waals surface area contributed by atoms with Gasteiger partial charge in [0.2, 0.25) is 0 Å². The molecule has 3 N–H and O–H groups in total. The number of halogens is 3. The van der Waals surface area contributed by atoms with Crippen LogP contribution in [0.3, 0.4) is 0 Å². The van der Waals surface area contributed by atoms with Gasteiger partial charge in [0.25, 0.3) is 0 Å². The number of H-pyrrole nitrogens is 1. The minimum atomic E-state index is -2.84. The Kier molecular flexibility index (Phi) is 3.71. The van der Waals surface area contributed by atoms with Crippen molar-refractivity contribution in [1.29, 1.82) is 0 Å². The summed E-state index contributed by atoms with van der Waals surface area (Å²) in [5.41, 5.74) is 1.18. The second kappa shape index (κ2) is 4.67. The quantitative estimate of drug-likeness (QED) is 0.649. The van der Waals surface area contributed by atoms with Crippen LogP contribution >= 0.6 is 24.6 Å². The third kappa shape index (κ3) is 2.25. The fraction of sp³-hybridized carbons (Fsp3) is 0.125. The van der Waals surface area contributed by atoms with Gasteiger partial charge in [-0.2, -0.15) is 8.78 Å². The molecular weight excluding hydrogens is 260 g/mol. The van der Waals surface area contributed by atoms with E-state index in [2.05, 4.69) is 9.72 Å². The Morgan fingerprint density at radius 1 is 1.44 bits per heavy atom. The summed E-state index contributed by atoms with van der Waals surface area (Å²) in [5.74, 6) is 5.65. The number of nitrogens with two attached hydrogens (primary N) is 1. The van der Waals surface area contributed by atoms with Gasteiger partial charge in [0.15, 0.2) is 4.77 Å². The molecule has 0 aliphatic heterocycles. The summed E-state index contributed by atoms with van der Waals surface area (Å²) in [6.07, 6.45) is 0. The predicted octanol–water partition coefficient (Wildman–Crippen LogP) is 2.44. The molecule has 4 nitrogen and oxygen atoms in total. The minimum absolute atomic E-state index is 0. The maximum Gasteiger partial charge on any atom is 0.387 e. The third-order valence-electron chi connectivity index (χ3n) is 1.91. The first kappa shape index (κ1) is 12.7. The zero-order chi connectivity index (χ0) is 11.0. The summed E-state index contributed by atoms with van der Waals surface area (Å²) in [7, 11) is 0. The normalized spacial score (nSPS) is 10.4. The number of nitrogens with zero attached hydrogens (tertiary/aromatic N) is 1. The van der Waals surface area contributed by atoms with Gasteiger partial charge in [-0.15, -0.1) is 12.4 Å². The first-order valence-electron chi connectivity index (χ1n) is 4.02. The van der Waals surface area contributed by atoms with E-state index in [9.17, 15) is 8.78 Å². The van der Waals surface area contributed by atoms with Gasteiger partial charge in [-0.05, 0) is 24.4 Å². The van der Waals surface area contributed by atoms with Crippen molar-refractivity contribution in [3.8, 4) is 5.75 Å². The maximum atomic E-state index is 11.9. The Morgan fingerprint density at radius 2 is 2.12 bits per heavy atom. The number of nitrogens with one attached hydrogen (secondary N) is 1. The van der Waals surface area contributed by atoms with Crippen LogP contribution in [0.5, 0.6) is 5.75 Å². The lowest BCUT2D eigenvalue weighted by Crippen LogP contribution is -2.07. The Balaban J connectivity index is 0.00000128. The van der Waals surface area contributed by atoms with E-state index in [1.807, 2.05) is 0 Å². The second-order valence-electron chi connectivity index (χ2n) is 2.86. The van der Waals surface area contributed by atoms with Gasteiger partial charge < -0.3 is 15.6 Å². The molecule has 0 saturated heterocycles. The molecular formula is C8H8ClF2N3OS. The lowest BCUT2D eigenvalue weighted by molar-refractivity contribution is -0.0497. The highest BCUT2D eigenvalue weighted by Crippen LogP contribution is 2.20. The van der Waals surface area contributed by atoms with E-state index in [0.29, 0.717) is 15.8 Å². The number of fused-ring (bicyclic) bond motifs is 1. The first-order chi connectivity index (χ1) is 7.08. The van der Waals surface area contributed by atoms with Gasteiger partial charge in [-0.3, -0.25) is 0 Å². The zero-order valence-electron chi connectivity index (χ0n) is 7.81. The number of hydrogen-bond donors (Lipinski definition) is 2. The smallest absolute Gasteiger partial charge is 0.387 e. The van der Waals surface area contributed by atoms with E-state index in [1.165, 1.54) is 16.8 Å². The molecule has 2 rings (SSSR count). The summed E-state index contributed by atoms with van der Waals surface area (Å²) in [6.45, 7) is -2.84. The molecule has 0 unspecified atom stereocenters. The largest absolute Gasteiger partial charge is 0.435 e. The van der Waals surface area contributed by atoms with E-state index in [0.717, 1.165) is 0 Å². The summed E-state index contributed by atoms with van der Waals surface area (Å²) >= 11 is 4.88. The van der Waals surface area contributed by atoms with Crippen molar-refractivity contribution in [3.05, 3.63) is 23.0 Å². The first-order valence-corrected chi connectivity index (χ1v) is 4.43. The van der Waals surface area contributed by atoms with Crippen LogP contribution in [0.2, 0.25) is 0 Å². The van der Waals surface area contributed by atoms with Crippen LogP contribution in [0, 0.1) is 4.77 Å². The van der Waals surface area contributed by atoms with Crippen molar-refractivity contribution >= 4 is 35.7 Å². The fourth-order valence-corrected chi connectivity index (χ4v) is 1.49. The Bertz CT molecular complexity index is 554. The number of benzene rings is 1. The van der Waals surface area contributed by atoms with Crippen LogP contribution in [-0.4, -0.2) is 16.3 Å². The van der Waals surface area contributed by atoms with Gasteiger partial charge in [-0.1, -0.05) is 0 Å². The number of rotatable bonds is 2. The van der Waals surface area contributed by atoms with E-state index in [4.69, 9.17) is 18.1 Å². The van der Waals surface area contributed by atoms with Crippen LogP contribution in [0.4, 0.5) is 8.78 Å². The van der Waals surface area contributed by atoms with Crippen LogP contribution in [0.1, 0.15) is 0 Å². The van der Waals surface area contributed by atoms with Gasteiger partial charge >= 0.3 is 6.61 Å². The average molecular weight is 268 g/mol. The number of alkyl halides is 2. The average Bonchev–Trinajstić information content (AvgIpc) is 2.41. The lowest BCUT2D eigenvalue weighted by atomic mass is 10.3. The maximum absolute atomic E-state index is 11.9. The molecule has 0 aliphatic carbocycles. The molecule has 1 aromatic carbocycles. The number of nitrogen functional groups attached to an aromatic ring is 1. The van der Waals surface area contributed by atoms with Gasteiger partial charge in [0.05, 0.1) is 11.0 Å². The van der Waals surface area contributed by atoms with Gasteiger partial charge in [-0.25, -0.2) is 4.68 Å². The Labute approximate surface area is 100 Å². The molecule has 0 aliphatic rings. The van der Waals surface area contributed by atoms with E-state index in [1.54, 1.807) is 6.07 Å². The highest BCUT2D eigenvalue weighted by molar-refractivity contribution is 7.71. The summed E-state index contributed by atoms with van der Waals surface area (Å²) in [5, 5.41) is 0. The molecule has 0 saturated carbocycles. The molecule has 8 heteroatoms. The van der Waals surface area contributed by atoms with Crippen molar-refractivity contribution < 1.29 is 13.5 Å². The molecule has 0 spiro atoms. The number of hydrogen-bond acceptors (Lipinski definition) is 3. The minimum Gasteiger partial charge on any atom is -0.435 e. The van der Waals surface area contributed by atoms with Gasteiger partial charge in [0.1, 0.15) is 5.75 Å². The topological polar surface area (TPSA) is 56.0 Å². The second-order valence-corrected chi connectivity index (χ2v) is 3.24. The van der Waals surface area contributed by atoms with Crippen LogP contribution in [0.15, 0.2) is 18.2 Å². The molecule has 16 heavy (non-hydrogen) atoms. The van der Waals surface area contributed by atoms with Crippen molar-refractivity contribution in [3.63, 3.8) is 0 Å². The summed E-state index contributed by atoms with van der Waals surface area (Å²) < 4.78 is 29.7. The van der Waals surface area contributed by atoms with Crippen LogP contribution < -0.4 is 10.6 Å². The molecule has 0 atom stereocenters. The van der Waals surface area contributed by atoms with Crippen molar-refractivity contribution in [2.24, 2.45) is 0 Å². The standard InChI is InChI=1S/C8H7F2N3OS.ClH/c9-7(10)14-4-1-2-6-5(3-4)12-8(15)13(6)11;/h1-3,7H,11H2,(H,12,15);1H. The molecule has 0 fully saturated rings. The zero-order valence-corrected chi connectivity index (χ0v) is 9.45. The van der Waals surface area contributed by atoms with Crippen molar-refractivity contribution in [2.45, 2.75) is 6.61 Å². The predicted molar refractivity (Wildman–Crippen MR) is 61.2 cm³/mol. The molecule has 1 heterocycles. The van der Waals surface area contributed by atoms with E-state index >= 15 is 0 Å². The number of aromatic amines is 1. The van der Waals surface area contributed by atoms with Gasteiger partial charge in [0, 0.05) is 6.07 Å². The number of aromatic nitrogens is 2. The highest BCUT2D eigenvalue weighted by atomic mass is 35.5. The number of ether oxygens (including phenoxy) is 1. The molecule has 0 radical (unpaired) electrons. The lowest BCUT2D eigenvalue weighted by Gasteiger charge is -2.03. The SMILES string of the molecule is Cl.Nn1c(=S)[nH]c2cc(OC(F)F)ccc21. The summed E-state index contributed by atoms with van der Waals surface area (Å²) in [6, 6.07) is 4.38. The fourth-order valence-electron chi connectivity index (χ4n) is 1.29. The Hall–Kier alpha value is -1.34. The van der Waals surface area contributed by atoms with Crippen molar-refractivity contribution in [1.82, 2.24) is 9.66 Å². The van der Waals surface area contributed by atoms with Crippen molar-refractivity contribution in [2.75, 3.05) is 5.84 Å². The Morgan fingerprint density at radius 3 is 2.75 bits per heavy atom. The van der Waals surface area contributed by atoms with E-state index in [-0.39, 0.29) is 18.2 Å². The van der Waals surface area contributed by atoms with Crippen LogP contribution in [-0.2, 0) is 0 Å². The number of imidazole rings is 1. The molecule has 2 aromatic rings. The van der Waals surface area contributed by atoms with Crippen LogP contribution in [0.25, 0.3) is 11.0 Å². The molecule has 0 bridgehead atoms. The monoisotopic (exact) mass is 267 g/mol. The summed E-state index contributed by atoms with van der Waals surface area (Å²) in [4.78, 5) is 2.77.